The Bertz CT molecular complexity index is 228. The van der Waals surface area contributed by atoms with Crippen LogP contribution in [0.25, 0.3) is 0 Å². The van der Waals surface area contributed by atoms with Crippen molar-refractivity contribution in [3.05, 3.63) is 0 Å². The van der Waals surface area contributed by atoms with Crippen molar-refractivity contribution in [1.82, 2.24) is 0 Å². The fourth-order valence-electron chi connectivity index (χ4n) is 2.53. The Morgan fingerprint density at radius 3 is 1.80 bits per heavy atom. The lowest BCUT2D eigenvalue weighted by molar-refractivity contribution is -0.139. The molecule has 0 saturated carbocycles. The van der Waals surface area contributed by atoms with Gasteiger partial charge in [0, 0.05) is 0 Å². The van der Waals surface area contributed by atoms with Crippen LogP contribution in [0, 0.1) is 5.92 Å². The molecule has 2 atom stereocenters. The lowest BCUT2D eigenvalue weighted by atomic mass is 9.95. The van der Waals surface area contributed by atoms with Crippen LogP contribution in [0.3, 0.4) is 0 Å². The van der Waals surface area contributed by atoms with Crippen LogP contribution >= 0.6 is 0 Å². The van der Waals surface area contributed by atoms with E-state index in [9.17, 15) is 9.90 Å². The lowest BCUT2D eigenvalue weighted by Gasteiger charge is -2.16. The molecular weight excluding hydrogens is 252 g/mol. The molecule has 0 saturated heterocycles. The van der Waals surface area contributed by atoms with E-state index in [2.05, 4.69) is 6.92 Å². The molecule has 0 bridgehead atoms. The van der Waals surface area contributed by atoms with Gasteiger partial charge in [-0.3, -0.25) is 4.79 Å². The molecule has 0 aromatic rings. The number of aliphatic hydroxyl groups excluding tert-OH is 1. The van der Waals surface area contributed by atoms with Crippen molar-refractivity contribution in [1.29, 1.82) is 0 Å². The number of aliphatic hydroxyl groups is 1. The van der Waals surface area contributed by atoms with Crippen LogP contribution in [-0.4, -0.2) is 22.3 Å². The number of rotatable bonds is 14. The average Bonchev–Trinajstić information content (AvgIpc) is 2.39. The van der Waals surface area contributed by atoms with Crippen LogP contribution in [0.5, 0.6) is 0 Å². The van der Waals surface area contributed by atoms with E-state index in [-0.39, 0.29) is 12.3 Å². The standard InChI is InChI=1S/C17H34O3/c1-3-4-5-6-7-8-9-10-11-12-13-15(2)16(18)14-17(19)20/h15-16,18H,3-14H2,1-2H3,(H,19,20). The molecule has 0 aliphatic carbocycles. The maximum absolute atomic E-state index is 10.5. The van der Waals surface area contributed by atoms with Crippen molar-refractivity contribution in [2.24, 2.45) is 5.92 Å². The number of hydrogen-bond acceptors (Lipinski definition) is 2. The first kappa shape index (κ1) is 19.4. The molecular formula is C17H34O3. The Balaban J connectivity index is 3.28. The SMILES string of the molecule is CCCCCCCCCCCCC(C)C(O)CC(=O)O. The Morgan fingerprint density at radius 2 is 1.35 bits per heavy atom. The fraction of sp³-hybridized carbons (Fsp3) is 0.941. The largest absolute Gasteiger partial charge is 0.481 e. The maximum Gasteiger partial charge on any atom is 0.305 e. The van der Waals surface area contributed by atoms with E-state index in [1.165, 1.54) is 57.8 Å². The van der Waals surface area contributed by atoms with Gasteiger partial charge in [-0.15, -0.1) is 0 Å². The number of carboxylic acids is 1. The zero-order valence-electron chi connectivity index (χ0n) is 13.4. The van der Waals surface area contributed by atoms with E-state index >= 15 is 0 Å². The van der Waals surface area contributed by atoms with Crippen LogP contribution in [0.15, 0.2) is 0 Å². The van der Waals surface area contributed by atoms with Crippen LogP contribution in [0.4, 0.5) is 0 Å². The smallest absolute Gasteiger partial charge is 0.305 e. The highest BCUT2D eigenvalue weighted by atomic mass is 16.4. The van der Waals surface area contributed by atoms with E-state index in [0.29, 0.717) is 0 Å². The molecule has 2 N–H and O–H groups in total. The van der Waals surface area contributed by atoms with Crippen molar-refractivity contribution in [2.75, 3.05) is 0 Å². The number of carbonyl (C=O) groups is 1. The molecule has 0 rings (SSSR count). The van der Waals surface area contributed by atoms with Crippen LogP contribution in [0.2, 0.25) is 0 Å². The van der Waals surface area contributed by atoms with Gasteiger partial charge in [-0.05, 0) is 12.3 Å². The zero-order chi connectivity index (χ0) is 15.2. The van der Waals surface area contributed by atoms with Gasteiger partial charge in [0.1, 0.15) is 0 Å². The van der Waals surface area contributed by atoms with Gasteiger partial charge in [-0.1, -0.05) is 78.1 Å². The summed E-state index contributed by atoms with van der Waals surface area (Å²) in [5.74, 6) is -0.812. The highest BCUT2D eigenvalue weighted by Gasteiger charge is 2.16. The minimum atomic E-state index is -0.910. The highest BCUT2D eigenvalue weighted by molar-refractivity contribution is 5.67. The number of aliphatic carboxylic acids is 1. The third-order valence-corrected chi connectivity index (χ3v) is 4.05. The van der Waals surface area contributed by atoms with Crippen molar-refractivity contribution >= 4 is 5.97 Å². The van der Waals surface area contributed by atoms with E-state index < -0.39 is 12.1 Å². The van der Waals surface area contributed by atoms with Crippen molar-refractivity contribution in [3.8, 4) is 0 Å². The molecule has 0 heterocycles. The molecule has 20 heavy (non-hydrogen) atoms. The summed E-state index contributed by atoms with van der Waals surface area (Å²) >= 11 is 0. The van der Waals surface area contributed by atoms with Gasteiger partial charge >= 0.3 is 5.97 Å². The minimum Gasteiger partial charge on any atom is -0.481 e. The molecule has 2 unspecified atom stereocenters. The fourth-order valence-corrected chi connectivity index (χ4v) is 2.53. The molecule has 0 amide bonds. The molecule has 120 valence electrons. The molecule has 3 nitrogen and oxygen atoms in total. The van der Waals surface area contributed by atoms with Gasteiger partial charge in [-0.2, -0.15) is 0 Å². The number of hydrogen-bond donors (Lipinski definition) is 2. The summed E-state index contributed by atoms with van der Waals surface area (Å²) in [7, 11) is 0. The van der Waals surface area contributed by atoms with E-state index in [4.69, 9.17) is 5.11 Å². The molecule has 0 aliphatic rings. The van der Waals surface area contributed by atoms with E-state index in [1.54, 1.807) is 0 Å². The third-order valence-electron chi connectivity index (χ3n) is 4.05. The Hall–Kier alpha value is -0.570. The predicted molar refractivity (Wildman–Crippen MR) is 83.9 cm³/mol. The first-order valence-corrected chi connectivity index (χ1v) is 8.47. The van der Waals surface area contributed by atoms with Gasteiger partial charge in [0.05, 0.1) is 12.5 Å². The van der Waals surface area contributed by atoms with Crippen LogP contribution in [-0.2, 0) is 4.79 Å². The summed E-state index contributed by atoms with van der Waals surface area (Å²) in [6, 6.07) is 0. The molecule has 3 heteroatoms. The lowest BCUT2D eigenvalue weighted by Crippen LogP contribution is -2.21. The van der Waals surface area contributed by atoms with Crippen molar-refractivity contribution in [3.63, 3.8) is 0 Å². The summed E-state index contributed by atoms with van der Waals surface area (Å²) in [4.78, 5) is 10.5. The van der Waals surface area contributed by atoms with Crippen molar-refractivity contribution < 1.29 is 15.0 Å². The van der Waals surface area contributed by atoms with Gasteiger partial charge in [0.2, 0.25) is 0 Å². The zero-order valence-corrected chi connectivity index (χ0v) is 13.4. The minimum absolute atomic E-state index is 0.0974. The van der Waals surface area contributed by atoms with E-state index in [0.717, 1.165) is 12.8 Å². The number of unbranched alkanes of at least 4 members (excludes halogenated alkanes) is 9. The first-order valence-electron chi connectivity index (χ1n) is 8.47. The molecule has 0 aromatic carbocycles. The summed E-state index contributed by atoms with van der Waals surface area (Å²) in [5, 5.41) is 18.3. The summed E-state index contributed by atoms with van der Waals surface area (Å²) in [5.41, 5.74) is 0. The Labute approximate surface area is 124 Å². The van der Waals surface area contributed by atoms with Gasteiger partial charge < -0.3 is 10.2 Å². The van der Waals surface area contributed by atoms with Gasteiger partial charge in [-0.25, -0.2) is 0 Å². The van der Waals surface area contributed by atoms with Gasteiger partial charge in [0.15, 0.2) is 0 Å². The summed E-state index contributed by atoms with van der Waals surface area (Å²) in [6.45, 7) is 4.19. The molecule has 0 spiro atoms. The Kier molecular flexibility index (Phi) is 13.0. The quantitative estimate of drug-likeness (QED) is 0.452. The van der Waals surface area contributed by atoms with Gasteiger partial charge in [0.25, 0.3) is 0 Å². The second-order valence-corrected chi connectivity index (χ2v) is 6.11. The van der Waals surface area contributed by atoms with Crippen molar-refractivity contribution in [2.45, 2.75) is 97.0 Å². The normalized spacial score (nSPS) is 14.2. The van der Waals surface area contributed by atoms with Crippen LogP contribution < -0.4 is 0 Å². The maximum atomic E-state index is 10.5. The Morgan fingerprint density at radius 1 is 0.900 bits per heavy atom. The molecule has 0 fully saturated rings. The summed E-state index contributed by atoms with van der Waals surface area (Å²) < 4.78 is 0. The predicted octanol–water partition coefficient (Wildman–Crippen LogP) is 4.77. The average molecular weight is 286 g/mol. The van der Waals surface area contributed by atoms with E-state index in [1.807, 2.05) is 6.92 Å². The monoisotopic (exact) mass is 286 g/mol. The molecule has 0 radical (unpaired) electrons. The third kappa shape index (κ3) is 12.5. The molecule has 0 aliphatic heterocycles. The topological polar surface area (TPSA) is 57.5 Å². The molecule has 0 aromatic heterocycles. The van der Waals surface area contributed by atoms with Crippen LogP contribution in [0.1, 0.15) is 90.9 Å². The number of carboxylic acid groups (broad SMARTS) is 1. The highest BCUT2D eigenvalue weighted by Crippen LogP contribution is 2.17. The second-order valence-electron chi connectivity index (χ2n) is 6.11. The first-order chi connectivity index (χ1) is 9.57. The summed E-state index contributed by atoms with van der Waals surface area (Å²) in [6.07, 6.45) is 13.2. The second kappa shape index (κ2) is 13.4.